The highest BCUT2D eigenvalue weighted by molar-refractivity contribution is 5.77. The Morgan fingerprint density at radius 3 is 3.05 bits per heavy atom. The Bertz CT molecular complexity index is 458. The third-order valence-corrected chi connectivity index (χ3v) is 4.03. The van der Waals surface area contributed by atoms with E-state index in [-0.39, 0.29) is 11.8 Å². The predicted molar refractivity (Wildman–Crippen MR) is 81.0 cm³/mol. The molecule has 2 heterocycles. The number of amides is 1. The van der Waals surface area contributed by atoms with Crippen LogP contribution in [0.15, 0.2) is 12.4 Å². The van der Waals surface area contributed by atoms with Crippen LogP contribution in [0.3, 0.4) is 0 Å². The summed E-state index contributed by atoms with van der Waals surface area (Å²) in [6, 6.07) is 0. The van der Waals surface area contributed by atoms with Crippen molar-refractivity contribution < 1.29 is 9.90 Å². The number of aliphatic hydroxyl groups excluding tert-OH is 1. The molecule has 0 unspecified atom stereocenters. The zero-order chi connectivity index (χ0) is 15.2. The number of nitrogens with zero attached hydrogens (tertiary/aromatic N) is 4. The third-order valence-electron chi connectivity index (χ3n) is 4.03. The second-order valence-electron chi connectivity index (χ2n) is 5.97. The Labute approximate surface area is 126 Å². The highest BCUT2D eigenvalue weighted by Gasteiger charge is 2.26. The van der Waals surface area contributed by atoms with E-state index in [1.165, 1.54) is 0 Å². The van der Waals surface area contributed by atoms with Gasteiger partial charge in [0.15, 0.2) is 0 Å². The summed E-state index contributed by atoms with van der Waals surface area (Å²) in [6.45, 7) is 3.03. The topological polar surface area (TPSA) is 61.6 Å². The van der Waals surface area contributed by atoms with Gasteiger partial charge in [-0.2, -0.15) is 0 Å². The molecular weight excluding hydrogens is 268 g/mol. The van der Waals surface area contributed by atoms with E-state index >= 15 is 0 Å². The molecule has 21 heavy (non-hydrogen) atoms. The average molecular weight is 294 g/mol. The molecule has 1 aliphatic rings. The number of likely N-dealkylation sites (tertiary alicyclic amines) is 1. The number of aromatic nitrogens is 2. The molecule has 1 amide bonds. The molecule has 2 rings (SSSR count). The number of aryl methyl sites for hydroxylation is 1. The van der Waals surface area contributed by atoms with Crippen LogP contribution in [-0.2, 0) is 11.3 Å². The van der Waals surface area contributed by atoms with Gasteiger partial charge in [-0.15, -0.1) is 0 Å². The second-order valence-corrected chi connectivity index (χ2v) is 5.97. The van der Waals surface area contributed by atoms with Gasteiger partial charge >= 0.3 is 0 Å². The van der Waals surface area contributed by atoms with E-state index in [9.17, 15) is 4.79 Å². The fourth-order valence-corrected chi connectivity index (χ4v) is 2.94. The molecule has 0 radical (unpaired) electrons. The van der Waals surface area contributed by atoms with Crippen LogP contribution in [0.1, 0.15) is 31.0 Å². The molecule has 1 fully saturated rings. The third kappa shape index (κ3) is 4.28. The summed E-state index contributed by atoms with van der Waals surface area (Å²) in [4.78, 5) is 20.1. The number of aliphatic hydroxyl groups is 1. The van der Waals surface area contributed by atoms with Gasteiger partial charge in [-0.05, 0) is 39.9 Å². The molecule has 1 aliphatic heterocycles. The Balaban J connectivity index is 1.97. The number of hydrogen-bond donors (Lipinski definition) is 1. The number of rotatable bonds is 6. The largest absolute Gasteiger partial charge is 0.387 e. The summed E-state index contributed by atoms with van der Waals surface area (Å²) < 4.78 is 2.21. The fraction of sp³-hybridized carbons (Fsp3) is 0.733. The number of piperidine rings is 1. The molecule has 0 aliphatic carbocycles. The molecular formula is C15H26N4O2. The van der Waals surface area contributed by atoms with E-state index in [1.54, 1.807) is 4.90 Å². The Hall–Kier alpha value is -1.40. The smallest absolute Gasteiger partial charge is 0.248 e. The lowest BCUT2D eigenvalue weighted by Crippen LogP contribution is -2.41. The molecule has 1 aromatic heterocycles. The van der Waals surface area contributed by atoms with Crippen molar-refractivity contribution >= 4 is 5.91 Å². The van der Waals surface area contributed by atoms with Gasteiger partial charge in [-0.1, -0.05) is 0 Å². The van der Waals surface area contributed by atoms with Crippen LogP contribution in [0.5, 0.6) is 0 Å². The number of carbonyl (C=O) groups is 1. The van der Waals surface area contributed by atoms with Gasteiger partial charge in [0.25, 0.3) is 0 Å². The fourth-order valence-electron chi connectivity index (χ4n) is 2.94. The minimum Gasteiger partial charge on any atom is -0.387 e. The van der Waals surface area contributed by atoms with Gasteiger partial charge in [-0.25, -0.2) is 4.98 Å². The van der Waals surface area contributed by atoms with Crippen LogP contribution < -0.4 is 0 Å². The van der Waals surface area contributed by atoms with E-state index in [2.05, 4.69) is 28.5 Å². The lowest BCUT2D eigenvalue weighted by molar-refractivity contribution is -0.135. The zero-order valence-electron chi connectivity index (χ0n) is 13.0. The first kappa shape index (κ1) is 16.0. The number of imidazole rings is 1. The summed E-state index contributed by atoms with van der Waals surface area (Å²) in [7, 11) is 4.16. The molecule has 0 bridgehead atoms. The van der Waals surface area contributed by atoms with E-state index in [4.69, 9.17) is 5.11 Å². The lowest BCUT2D eigenvalue weighted by Gasteiger charge is -2.32. The molecule has 118 valence electrons. The van der Waals surface area contributed by atoms with Gasteiger partial charge in [-0.3, -0.25) is 4.79 Å². The van der Waals surface area contributed by atoms with Crippen molar-refractivity contribution in [2.45, 2.75) is 31.7 Å². The molecule has 0 spiro atoms. The van der Waals surface area contributed by atoms with Gasteiger partial charge < -0.3 is 19.5 Å². The van der Waals surface area contributed by atoms with Gasteiger partial charge in [0.2, 0.25) is 5.91 Å². The van der Waals surface area contributed by atoms with Crippen LogP contribution in [0.2, 0.25) is 0 Å². The van der Waals surface area contributed by atoms with E-state index in [1.807, 2.05) is 12.4 Å². The summed E-state index contributed by atoms with van der Waals surface area (Å²) >= 11 is 0. The average Bonchev–Trinajstić information content (AvgIpc) is 2.94. The predicted octanol–water partition coefficient (Wildman–Crippen LogP) is 0.533. The molecule has 1 atom stereocenters. The second kappa shape index (κ2) is 7.56. The van der Waals surface area contributed by atoms with Crippen molar-refractivity contribution in [3.63, 3.8) is 0 Å². The van der Waals surface area contributed by atoms with Crippen molar-refractivity contribution in [1.82, 2.24) is 19.4 Å². The van der Waals surface area contributed by atoms with Crippen molar-refractivity contribution in [3.05, 3.63) is 18.2 Å². The van der Waals surface area contributed by atoms with Crippen LogP contribution in [-0.4, -0.2) is 70.7 Å². The Kier molecular flexibility index (Phi) is 5.76. The summed E-state index contributed by atoms with van der Waals surface area (Å²) in [6.07, 6.45) is 6.98. The first-order valence-electron chi connectivity index (χ1n) is 7.66. The molecule has 6 nitrogen and oxygen atoms in total. The van der Waals surface area contributed by atoms with Crippen LogP contribution in [0.4, 0.5) is 0 Å². The minimum absolute atomic E-state index is 0.176. The maximum Gasteiger partial charge on any atom is 0.248 e. The lowest BCUT2D eigenvalue weighted by atomic mass is 9.97. The maximum absolute atomic E-state index is 11.7. The van der Waals surface area contributed by atoms with Crippen molar-refractivity contribution in [2.75, 3.05) is 40.3 Å². The van der Waals surface area contributed by atoms with E-state index in [0.29, 0.717) is 6.54 Å². The summed E-state index contributed by atoms with van der Waals surface area (Å²) in [5.41, 5.74) is 0. The Morgan fingerprint density at radius 1 is 1.52 bits per heavy atom. The summed E-state index contributed by atoms with van der Waals surface area (Å²) in [5.74, 6) is 1.18. The van der Waals surface area contributed by atoms with Gasteiger partial charge in [0.05, 0.1) is 0 Å². The molecule has 1 aromatic rings. The van der Waals surface area contributed by atoms with Crippen molar-refractivity contribution in [2.24, 2.45) is 0 Å². The monoisotopic (exact) mass is 294 g/mol. The van der Waals surface area contributed by atoms with Crippen LogP contribution in [0, 0.1) is 0 Å². The highest BCUT2D eigenvalue weighted by Crippen LogP contribution is 2.26. The first-order chi connectivity index (χ1) is 10.1. The van der Waals surface area contributed by atoms with Gasteiger partial charge in [0.1, 0.15) is 12.4 Å². The molecule has 0 aromatic carbocycles. The summed E-state index contributed by atoms with van der Waals surface area (Å²) in [5, 5.41) is 9.01. The first-order valence-corrected chi connectivity index (χ1v) is 7.66. The highest BCUT2D eigenvalue weighted by atomic mass is 16.3. The molecule has 6 heteroatoms. The maximum atomic E-state index is 11.7. The van der Waals surface area contributed by atoms with Crippen molar-refractivity contribution in [1.29, 1.82) is 0 Å². The standard InChI is InChI=1S/C15H26N4O2/c1-17(2)7-4-9-18-10-6-16-15(18)13-5-3-8-19(11-13)14(21)12-20/h6,10,13,20H,3-5,7-9,11-12H2,1-2H3/t13-/m0/s1. The van der Waals surface area contributed by atoms with E-state index < -0.39 is 6.61 Å². The SMILES string of the molecule is CN(C)CCCn1ccnc1[C@H]1CCCN(C(=O)CO)C1. The number of carbonyl (C=O) groups excluding carboxylic acids is 1. The minimum atomic E-state index is -0.399. The number of hydrogen-bond acceptors (Lipinski definition) is 4. The van der Waals surface area contributed by atoms with Crippen molar-refractivity contribution in [3.8, 4) is 0 Å². The molecule has 0 saturated carbocycles. The van der Waals surface area contributed by atoms with E-state index in [0.717, 1.165) is 44.7 Å². The molecule has 1 N–H and O–H groups in total. The quantitative estimate of drug-likeness (QED) is 0.831. The zero-order valence-corrected chi connectivity index (χ0v) is 13.0. The van der Waals surface area contributed by atoms with Crippen LogP contribution >= 0.6 is 0 Å². The Morgan fingerprint density at radius 2 is 2.33 bits per heavy atom. The van der Waals surface area contributed by atoms with Gasteiger partial charge in [0, 0.05) is 37.9 Å². The molecule has 1 saturated heterocycles. The normalized spacial score (nSPS) is 19.2. The van der Waals surface area contributed by atoms with Crippen LogP contribution in [0.25, 0.3) is 0 Å².